The van der Waals surface area contributed by atoms with E-state index in [0.717, 1.165) is 31.7 Å². The monoisotopic (exact) mass is 358 g/mol. The van der Waals surface area contributed by atoms with Crippen LogP contribution in [0.25, 0.3) is 22.3 Å². The van der Waals surface area contributed by atoms with Gasteiger partial charge in [-0.05, 0) is 24.1 Å². The number of aryl methyl sites for hydroxylation is 2. The molecule has 0 aliphatic carbocycles. The first-order valence-electron chi connectivity index (χ1n) is 7.63. The van der Waals surface area contributed by atoms with Crippen molar-refractivity contribution in [2.75, 3.05) is 6.61 Å². The van der Waals surface area contributed by atoms with Gasteiger partial charge in [0.15, 0.2) is 12.3 Å². The van der Waals surface area contributed by atoms with Gasteiger partial charge >= 0.3 is 0 Å². The zero-order chi connectivity index (χ0) is 14.2. The highest BCUT2D eigenvalue weighted by atomic mass is 79.9. The Labute approximate surface area is 140 Å². The molecule has 1 N–H and O–H groups in total. The molecule has 0 fully saturated rings. The van der Waals surface area contributed by atoms with Crippen LogP contribution in [0.15, 0.2) is 42.6 Å². The minimum Gasteiger partial charge on any atom is -1.00 e. The van der Waals surface area contributed by atoms with Gasteiger partial charge in [-0.1, -0.05) is 25.1 Å². The molecule has 0 unspecified atom stereocenters. The van der Waals surface area contributed by atoms with Crippen molar-refractivity contribution in [3.63, 3.8) is 0 Å². The summed E-state index contributed by atoms with van der Waals surface area (Å²) in [6.45, 7) is 3.91. The summed E-state index contributed by atoms with van der Waals surface area (Å²) in [6, 6.07) is 12.8. The number of aromatic amines is 1. The van der Waals surface area contributed by atoms with Gasteiger partial charge in [-0.3, -0.25) is 0 Å². The summed E-state index contributed by atoms with van der Waals surface area (Å²) in [5, 5.41) is 1.35. The molecule has 0 bridgehead atoms. The van der Waals surface area contributed by atoms with Crippen molar-refractivity contribution in [1.82, 2.24) is 4.98 Å². The first-order chi connectivity index (χ1) is 10.4. The molecule has 0 saturated carbocycles. The molecule has 3 nitrogen and oxygen atoms in total. The third-order valence-electron chi connectivity index (χ3n) is 4.14. The molecular formula is C18H19BrN2O. The van der Waals surface area contributed by atoms with E-state index in [1.54, 1.807) is 0 Å². The number of hydrogen-bond donors (Lipinski definition) is 1. The summed E-state index contributed by atoms with van der Waals surface area (Å²) in [7, 11) is 0. The van der Waals surface area contributed by atoms with E-state index in [4.69, 9.17) is 4.74 Å². The highest BCUT2D eigenvalue weighted by Crippen LogP contribution is 2.32. The van der Waals surface area contributed by atoms with Crippen molar-refractivity contribution in [3.05, 3.63) is 48.2 Å². The molecular weight excluding hydrogens is 340 g/mol. The lowest BCUT2D eigenvalue weighted by atomic mass is 10.0. The van der Waals surface area contributed by atoms with Crippen LogP contribution in [0.3, 0.4) is 0 Å². The topological polar surface area (TPSA) is 28.9 Å². The number of nitrogens with zero attached hydrogens (tertiary/aromatic N) is 1. The summed E-state index contributed by atoms with van der Waals surface area (Å²) in [5.74, 6) is 0.958. The molecule has 0 amide bonds. The molecule has 4 rings (SSSR count). The SMILES string of the molecule is CCCOc1ccc2[n+](c1)CCc1c-2[nH]c2ccccc12.[Br-]. The number of fused-ring (bicyclic) bond motifs is 5. The minimum atomic E-state index is 0. The standard InChI is InChI=1S/C18H18N2O.BrH/c1-2-11-21-13-7-8-17-18-15(9-10-20(17)12-13)14-5-3-4-6-16(14)19-18;/h3-8,12H,2,9-11H2,1H3;1H. The van der Waals surface area contributed by atoms with Crippen molar-refractivity contribution < 1.29 is 26.3 Å². The molecule has 114 valence electrons. The highest BCUT2D eigenvalue weighted by Gasteiger charge is 2.26. The second kappa shape index (κ2) is 6.13. The molecule has 22 heavy (non-hydrogen) atoms. The molecule has 0 saturated heterocycles. The van der Waals surface area contributed by atoms with Crippen LogP contribution in [0.5, 0.6) is 5.75 Å². The van der Waals surface area contributed by atoms with Crippen LogP contribution < -0.4 is 26.3 Å². The maximum Gasteiger partial charge on any atom is 0.229 e. The number of benzene rings is 1. The summed E-state index contributed by atoms with van der Waals surface area (Å²) in [5.41, 5.74) is 5.16. The van der Waals surface area contributed by atoms with Crippen molar-refractivity contribution in [2.24, 2.45) is 0 Å². The maximum atomic E-state index is 5.74. The molecule has 3 heterocycles. The fraction of sp³-hybridized carbons (Fsp3) is 0.278. The summed E-state index contributed by atoms with van der Waals surface area (Å²) >= 11 is 0. The van der Waals surface area contributed by atoms with Crippen LogP contribution in [-0.2, 0) is 13.0 Å². The van der Waals surface area contributed by atoms with Gasteiger partial charge in [0, 0.05) is 23.4 Å². The molecule has 3 aromatic rings. The number of ether oxygens (including phenoxy) is 1. The van der Waals surface area contributed by atoms with E-state index in [0.29, 0.717) is 0 Å². The highest BCUT2D eigenvalue weighted by molar-refractivity contribution is 5.90. The Balaban J connectivity index is 0.00000144. The Morgan fingerprint density at radius 3 is 2.91 bits per heavy atom. The number of aromatic nitrogens is 2. The summed E-state index contributed by atoms with van der Waals surface area (Å²) in [6.07, 6.45) is 4.22. The van der Waals surface area contributed by atoms with Gasteiger partial charge < -0.3 is 26.7 Å². The van der Waals surface area contributed by atoms with E-state index in [1.807, 2.05) is 0 Å². The smallest absolute Gasteiger partial charge is 0.229 e. The lowest BCUT2D eigenvalue weighted by Crippen LogP contribution is -3.00. The van der Waals surface area contributed by atoms with Gasteiger partial charge in [-0.25, -0.2) is 0 Å². The predicted molar refractivity (Wildman–Crippen MR) is 83.4 cm³/mol. The van der Waals surface area contributed by atoms with Gasteiger partial charge in [0.05, 0.1) is 6.61 Å². The van der Waals surface area contributed by atoms with Crippen LogP contribution >= 0.6 is 0 Å². The molecule has 0 atom stereocenters. The van der Waals surface area contributed by atoms with Crippen molar-refractivity contribution in [3.8, 4) is 17.1 Å². The first-order valence-corrected chi connectivity index (χ1v) is 7.63. The number of H-pyrrole nitrogens is 1. The Kier molecular flexibility index (Phi) is 4.21. The number of rotatable bonds is 3. The molecule has 0 radical (unpaired) electrons. The maximum absolute atomic E-state index is 5.74. The Morgan fingerprint density at radius 2 is 2.05 bits per heavy atom. The van der Waals surface area contributed by atoms with Gasteiger partial charge in [-0.2, -0.15) is 4.57 Å². The van der Waals surface area contributed by atoms with E-state index in [1.165, 1.54) is 27.9 Å². The average Bonchev–Trinajstić information content (AvgIpc) is 2.91. The second-order valence-electron chi connectivity index (χ2n) is 5.57. The van der Waals surface area contributed by atoms with E-state index in [9.17, 15) is 0 Å². The van der Waals surface area contributed by atoms with E-state index < -0.39 is 0 Å². The van der Waals surface area contributed by atoms with Crippen molar-refractivity contribution in [2.45, 2.75) is 26.3 Å². The molecule has 1 aliphatic rings. The fourth-order valence-corrected chi connectivity index (χ4v) is 3.15. The van der Waals surface area contributed by atoms with Crippen LogP contribution in [0.4, 0.5) is 0 Å². The molecule has 4 heteroatoms. The normalized spacial score (nSPS) is 12.4. The quantitative estimate of drug-likeness (QED) is 0.677. The fourth-order valence-electron chi connectivity index (χ4n) is 3.15. The zero-order valence-corrected chi connectivity index (χ0v) is 14.2. The zero-order valence-electron chi connectivity index (χ0n) is 12.6. The predicted octanol–water partition coefficient (Wildman–Crippen LogP) is 0.471. The number of halogens is 1. The van der Waals surface area contributed by atoms with Crippen LogP contribution in [0.2, 0.25) is 0 Å². The number of nitrogens with one attached hydrogen (secondary N) is 1. The lowest BCUT2D eigenvalue weighted by molar-refractivity contribution is -0.688. The lowest BCUT2D eigenvalue weighted by Gasteiger charge is -2.12. The van der Waals surface area contributed by atoms with Crippen LogP contribution in [0.1, 0.15) is 18.9 Å². The minimum absolute atomic E-state index is 0. The Bertz CT molecular complexity index is 810. The summed E-state index contributed by atoms with van der Waals surface area (Å²) < 4.78 is 8.03. The third kappa shape index (κ3) is 2.41. The van der Waals surface area contributed by atoms with Crippen molar-refractivity contribution in [1.29, 1.82) is 0 Å². The number of pyridine rings is 1. The van der Waals surface area contributed by atoms with Crippen molar-refractivity contribution >= 4 is 10.9 Å². The number of hydrogen-bond acceptors (Lipinski definition) is 1. The summed E-state index contributed by atoms with van der Waals surface area (Å²) in [4.78, 5) is 3.57. The van der Waals surface area contributed by atoms with Crippen LogP contribution in [-0.4, -0.2) is 11.6 Å². The van der Waals surface area contributed by atoms with E-state index in [2.05, 4.69) is 59.1 Å². The van der Waals surface area contributed by atoms with Crippen LogP contribution in [0, 0.1) is 0 Å². The third-order valence-corrected chi connectivity index (χ3v) is 4.14. The first kappa shape index (κ1) is 15.1. The van der Waals surface area contributed by atoms with E-state index in [-0.39, 0.29) is 17.0 Å². The largest absolute Gasteiger partial charge is 1.00 e. The van der Waals surface area contributed by atoms with Gasteiger partial charge in [0.2, 0.25) is 11.9 Å². The Morgan fingerprint density at radius 1 is 1.18 bits per heavy atom. The van der Waals surface area contributed by atoms with Gasteiger partial charge in [-0.15, -0.1) is 0 Å². The molecule has 0 spiro atoms. The van der Waals surface area contributed by atoms with Gasteiger partial charge in [0.1, 0.15) is 5.69 Å². The van der Waals surface area contributed by atoms with E-state index >= 15 is 0 Å². The molecule has 1 aliphatic heterocycles. The number of para-hydroxylation sites is 1. The molecule has 1 aromatic carbocycles. The Hall–Kier alpha value is -1.81. The van der Waals surface area contributed by atoms with Gasteiger partial charge in [0.25, 0.3) is 0 Å². The second-order valence-corrected chi connectivity index (χ2v) is 5.57. The average molecular weight is 359 g/mol. The molecule has 2 aromatic heterocycles.